The molecule has 162 valence electrons. The van der Waals surface area contributed by atoms with Crippen LogP contribution in [0.3, 0.4) is 0 Å². The molecule has 4 aromatic carbocycles. The molecular weight excluding hydrogens is 444 g/mol. The minimum absolute atomic E-state index is 0.108. The molecule has 0 aliphatic heterocycles. The van der Waals surface area contributed by atoms with Crippen LogP contribution in [0.4, 0.5) is 11.4 Å². The van der Waals surface area contributed by atoms with Crippen LogP contribution in [0.5, 0.6) is 0 Å². The minimum Gasteiger partial charge on any atom is -0.324 e. The lowest BCUT2D eigenvalue weighted by molar-refractivity contribution is -0.114. The molecule has 32 heavy (non-hydrogen) atoms. The molecular formula is C25H21ClN2O3S. The Morgan fingerprint density at radius 1 is 0.875 bits per heavy atom. The Kier molecular flexibility index (Phi) is 6.17. The van der Waals surface area contributed by atoms with Crippen molar-refractivity contribution in [3.05, 3.63) is 102 Å². The molecule has 0 unspecified atom stereocenters. The summed E-state index contributed by atoms with van der Waals surface area (Å²) in [4.78, 5) is 13.0. The highest BCUT2D eigenvalue weighted by Gasteiger charge is 2.27. The highest BCUT2D eigenvalue weighted by molar-refractivity contribution is 7.92. The van der Waals surface area contributed by atoms with Crippen LogP contribution in [-0.2, 0) is 14.8 Å². The molecule has 0 aliphatic rings. The van der Waals surface area contributed by atoms with E-state index in [0.29, 0.717) is 16.4 Å². The molecule has 0 aliphatic carbocycles. The molecule has 4 aromatic rings. The zero-order valence-corrected chi connectivity index (χ0v) is 18.9. The molecule has 0 saturated heterocycles. The number of hydrogen-bond acceptors (Lipinski definition) is 3. The molecule has 0 fully saturated rings. The minimum atomic E-state index is -3.98. The van der Waals surface area contributed by atoms with Crippen LogP contribution in [0.1, 0.15) is 5.56 Å². The first-order valence-electron chi connectivity index (χ1n) is 9.96. The van der Waals surface area contributed by atoms with Crippen LogP contribution >= 0.6 is 11.6 Å². The summed E-state index contributed by atoms with van der Waals surface area (Å²) in [6.07, 6.45) is 0. The number of aryl methyl sites for hydroxylation is 1. The Labute approximate surface area is 192 Å². The number of benzene rings is 4. The van der Waals surface area contributed by atoms with Crippen molar-refractivity contribution in [3.63, 3.8) is 0 Å². The highest BCUT2D eigenvalue weighted by atomic mass is 35.5. The van der Waals surface area contributed by atoms with Gasteiger partial charge in [0.1, 0.15) is 6.54 Å². The second kappa shape index (κ2) is 9.02. The maximum atomic E-state index is 13.4. The lowest BCUT2D eigenvalue weighted by atomic mass is 10.1. The third kappa shape index (κ3) is 4.77. The first kappa shape index (κ1) is 21.9. The monoisotopic (exact) mass is 464 g/mol. The van der Waals surface area contributed by atoms with Crippen molar-refractivity contribution >= 4 is 49.7 Å². The largest absolute Gasteiger partial charge is 0.324 e. The SMILES string of the molecule is Cc1ccc(S(=O)(=O)N(CC(=O)Nc2ccc3ccccc3c2)c2ccc(Cl)cc2)cc1. The van der Waals surface area contributed by atoms with Crippen molar-refractivity contribution in [1.29, 1.82) is 0 Å². The average molecular weight is 465 g/mol. The molecule has 1 N–H and O–H groups in total. The normalized spacial score (nSPS) is 11.3. The van der Waals surface area contributed by atoms with E-state index in [0.717, 1.165) is 20.6 Å². The standard InChI is InChI=1S/C25H21ClN2O3S/c1-18-6-14-24(15-7-18)32(30,31)28(23-12-9-21(26)10-13-23)17-25(29)27-22-11-8-19-4-2-3-5-20(19)16-22/h2-16H,17H2,1H3,(H,27,29). The summed E-state index contributed by atoms with van der Waals surface area (Å²) < 4.78 is 27.9. The Morgan fingerprint density at radius 3 is 2.22 bits per heavy atom. The summed E-state index contributed by atoms with van der Waals surface area (Å²) in [7, 11) is -3.98. The molecule has 0 radical (unpaired) electrons. The van der Waals surface area contributed by atoms with Gasteiger partial charge in [-0.2, -0.15) is 0 Å². The number of nitrogens with zero attached hydrogens (tertiary/aromatic N) is 1. The second-order valence-corrected chi connectivity index (χ2v) is 9.71. The van der Waals surface area contributed by atoms with Gasteiger partial charge in [-0.25, -0.2) is 8.42 Å². The molecule has 0 heterocycles. The number of carbonyl (C=O) groups excluding carboxylic acids is 1. The van der Waals surface area contributed by atoms with Gasteiger partial charge < -0.3 is 5.32 Å². The number of rotatable bonds is 6. The predicted molar refractivity (Wildman–Crippen MR) is 130 cm³/mol. The van der Waals surface area contributed by atoms with Crippen LogP contribution in [0.15, 0.2) is 95.9 Å². The molecule has 7 heteroatoms. The van der Waals surface area contributed by atoms with Gasteiger partial charge >= 0.3 is 0 Å². The summed E-state index contributed by atoms with van der Waals surface area (Å²) in [5, 5.41) is 5.31. The lowest BCUT2D eigenvalue weighted by Gasteiger charge is -2.24. The third-order valence-corrected chi connectivity index (χ3v) is 7.08. The molecule has 1 amide bonds. The highest BCUT2D eigenvalue weighted by Crippen LogP contribution is 2.26. The zero-order chi connectivity index (χ0) is 22.7. The van der Waals surface area contributed by atoms with Crippen molar-refractivity contribution in [2.45, 2.75) is 11.8 Å². The smallest absolute Gasteiger partial charge is 0.264 e. The first-order valence-corrected chi connectivity index (χ1v) is 11.8. The van der Waals surface area contributed by atoms with Gasteiger partial charge in [0.2, 0.25) is 5.91 Å². The van der Waals surface area contributed by atoms with Gasteiger partial charge in [-0.15, -0.1) is 0 Å². The number of halogens is 1. The maximum Gasteiger partial charge on any atom is 0.264 e. The zero-order valence-electron chi connectivity index (χ0n) is 17.3. The Morgan fingerprint density at radius 2 is 1.53 bits per heavy atom. The van der Waals surface area contributed by atoms with Gasteiger partial charge in [0.25, 0.3) is 10.0 Å². The van der Waals surface area contributed by atoms with Crippen LogP contribution in [0, 0.1) is 6.92 Å². The molecule has 0 saturated carbocycles. The van der Waals surface area contributed by atoms with Crippen LogP contribution in [-0.4, -0.2) is 20.9 Å². The summed E-state index contributed by atoms with van der Waals surface area (Å²) >= 11 is 5.98. The first-order chi connectivity index (χ1) is 15.3. The lowest BCUT2D eigenvalue weighted by Crippen LogP contribution is -2.38. The predicted octanol–water partition coefficient (Wildman–Crippen LogP) is 5.64. The van der Waals surface area contributed by atoms with Crippen molar-refractivity contribution in [2.24, 2.45) is 0 Å². The number of fused-ring (bicyclic) bond motifs is 1. The quantitative estimate of drug-likeness (QED) is 0.401. The van der Waals surface area contributed by atoms with Gasteiger partial charge in [0, 0.05) is 10.7 Å². The van der Waals surface area contributed by atoms with Gasteiger partial charge in [0.15, 0.2) is 0 Å². The van der Waals surface area contributed by atoms with E-state index in [4.69, 9.17) is 11.6 Å². The topological polar surface area (TPSA) is 66.5 Å². The van der Waals surface area contributed by atoms with Crippen molar-refractivity contribution in [1.82, 2.24) is 0 Å². The molecule has 0 bridgehead atoms. The molecule has 5 nitrogen and oxygen atoms in total. The van der Waals surface area contributed by atoms with Crippen molar-refractivity contribution < 1.29 is 13.2 Å². The van der Waals surface area contributed by atoms with E-state index in [9.17, 15) is 13.2 Å². The van der Waals surface area contributed by atoms with Crippen LogP contribution in [0.25, 0.3) is 10.8 Å². The van der Waals surface area contributed by atoms with Gasteiger partial charge in [-0.05, 0) is 66.2 Å². The number of nitrogens with one attached hydrogen (secondary N) is 1. The van der Waals surface area contributed by atoms with Crippen molar-refractivity contribution in [2.75, 3.05) is 16.2 Å². The molecule has 0 aromatic heterocycles. The summed E-state index contributed by atoms with van der Waals surface area (Å²) in [6.45, 7) is 1.50. The number of anilines is 2. The van der Waals surface area contributed by atoms with E-state index >= 15 is 0 Å². The second-order valence-electron chi connectivity index (χ2n) is 7.41. The average Bonchev–Trinajstić information content (AvgIpc) is 2.78. The van der Waals surface area contributed by atoms with E-state index < -0.39 is 15.9 Å². The molecule has 0 atom stereocenters. The number of amides is 1. The number of hydrogen-bond donors (Lipinski definition) is 1. The van der Waals surface area contributed by atoms with Gasteiger partial charge in [-0.3, -0.25) is 9.10 Å². The molecule has 4 rings (SSSR count). The summed E-state index contributed by atoms with van der Waals surface area (Å²) in [5.74, 6) is -0.453. The maximum absolute atomic E-state index is 13.4. The van der Waals surface area contributed by atoms with Gasteiger partial charge in [-0.1, -0.05) is 59.6 Å². The number of sulfonamides is 1. The van der Waals surface area contributed by atoms with E-state index in [1.807, 2.05) is 43.3 Å². The van der Waals surface area contributed by atoms with Crippen molar-refractivity contribution in [3.8, 4) is 0 Å². The number of carbonyl (C=O) groups is 1. The Hall–Kier alpha value is -3.35. The fraction of sp³-hybridized carbons (Fsp3) is 0.0800. The fourth-order valence-electron chi connectivity index (χ4n) is 3.36. The Balaban J connectivity index is 1.64. The third-order valence-electron chi connectivity index (χ3n) is 5.04. The summed E-state index contributed by atoms with van der Waals surface area (Å²) in [5.41, 5.74) is 1.89. The fourth-order valence-corrected chi connectivity index (χ4v) is 4.90. The van der Waals surface area contributed by atoms with E-state index in [-0.39, 0.29) is 11.4 Å². The van der Waals surface area contributed by atoms with Gasteiger partial charge in [0.05, 0.1) is 10.6 Å². The van der Waals surface area contributed by atoms with E-state index in [2.05, 4.69) is 5.32 Å². The van der Waals surface area contributed by atoms with E-state index in [1.165, 1.54) is 12.1 Å². The Bertz CT molecular complexity index is 1370. The molecule has 0 spiro atoms. The van der Waals surface area contributed by atoms with E-state index in [1.54, 1.807) is 42.5 Å². The van der Waals surface area contributed by atoms with Crippen LogP contribution in [0.2, 0.25) is 5.02 Å². The summed E-state index contributed by atoms with van der Waals surface area (Å²) in [6, 6.07) is 26.2. The van der Waals surface area contributed by atoms with Crippen LogP contribution < -0.4 is 9.62 Å².